The van der Waals surface area contributed by atoms with Gasteiger partial charge >= 0.3 is 0 Å². The highest BCUT2D eigenvalue weighted by Gasteiger charge is 2.05. The summed E-state index contributed by atoms with van der Waals surface area (Å²) in [5, 5.41) is 5.37. The van der Waals surface area contributed by atoms with Crippen LogP contribution in [0.2, 0.25) is 0 Å². The van der Waals surface area contributed by atoms with Crippen molar-refractivity contribution < 1.29 is 4.79 Å². The fourth-order valence-corrected chi connectivity index (χ4v) is 2.77. The maximum absolute atomic E-state index is 12.1. The van der Waals surface area contributed by atoms with E-state index in [4.69, 9.17) is 0 Å². The third-order valence-corrected chi connectivity index (χ3v) is 4.14. The van der Waals surface area contributed by atoms with Crippen LogP contribution >= 0.6 is 0 Å². The number of hydrogen-bond acceptors (Lipinski definition) is 2. The number of carbonyl (C=O) groups is 1. The number of hydrogen-bond donors (Lipinski definition) is 1. The molecule has 0 bridgehead atoms. The van der Waals surface area contributed by atoms with E-state index >= 15 is 0 Å². The molecule has 3 heteroatoms. The van der Waals surface area contributed by atoms with Crippen molar-refractivity contribution >= 4 is 22.4 Å². The number of benzene rings is 3. The van der Waals surface area contributed by atoms with Gasteiger partial charge in [0.1, 0.15) is 0 Å². The predicted molar refractivity (Wildman–Crippen MR) is 100 cm³/mol. The highest BCUT2D eigenvalue weighted by atomic mass is 16.1. The minimum absolute atomic E-state index is 0.0618. The van der Waals surface area contributed by atoms with Gasteiger partial charge in [0.15, 0.2) is 0 Å². The Morgan fingerprint density at radius 2 is 1.62 bits per heavy atom. The number of anilines is 1. The van der Waals surface area contributed by atoms with Gasteiger partial charge in [-0.3, -0.25) is 4.79 Å². The van der Waals surface area contributed by atoms with Gasteiger partial charge in [0.2, 0.25) is 5.91 Å². The number of carbonyl (C=O) groups excluding carboxylic acids is 1. The monoisotopic (exact) mass is 318 g/mol. The summed E-state index contributed by atoms with van der Waals surface area (Å²) < 4.78 is 0. The van der Waals surface area contributed by atoms with E-state index in [9.17, 15) is 4.79 Å². The van der Waals surface area contributed by atoms with Crippen molar-refractivity contribution in [3.8, 4) is 0 Å². The first-order valence-corrected chi connectivity index (χ1v) is 8.23. The van der Waals surface area contributed by atoms with Gasteiger partial charge in [-0.25, -0.2) is 0 Å². The van der Waals surface area contributed by atoms with E-state index in [1.807, 2.05) is 43.4 Å². The second-order valence-electron chi connectivity index (χ2n) is 5.97. The highest BCUT2D eigenvalue weighted by molar-refractivity contribution is 5.85. The lowest BCUT2D eigenvalue weighted by molar-refractivity contribution is -0.120. The van der Waals surface area contributed by atoms with Gasteiger partial charge in [0.25, 0.3) is 0 Å². The number of rotatable bonds is 6. The average Bonchev–Trinajstić information content (AvgIpc) is 2.62. The van der Waals surface area contributed by atoms with Crippen LogP contribution in [-0.2, 0) is 11.2 Å². The summed E-state index contributed by atoms with van der Waals surface area (Å²) in [6.45, 7) is 1.42. The molecule has 0 aliphatic carbocycles. The van der Waals surface area contributed by atoms with E-state index in [0.29, 0.717) is 13.0 Å². The SMILES string of the molecule is CN(CCNC(=O)Cc1ccc2ccccc2c1)c1ccccc1. The quantitative estimate of drug-likeness (QED) is 0.752. The minimum Gasteiger partial charge on any atom is -0.373 e. The molecular formula is C21H22N2O. The molecule has 0 aliphatic heterocycles. The van der Waals surface area contributed by atoms with Crippen molar-refractivity contribution in [1.82, 2.24) is 5.32 Å². The average molecular weight is 318 g/mol. The lowest BCUT2D eigenvalue weighted by Crippen LogP contribution is -2.33. The van der Waals surface area contributed by atoms with E-state index < -0.39 is 0 Å². The van der Waals surface area contributed by atoms with Crippen molar-refractivity contribution in [2.24, 2.45) is 0 Å². The number of likely N-dealkylation sites (N-methyl/N-ethyl adjacent to an activating group) is 1. The van der Waals surface area contributed by atoms with E-state index in [1.54, 1.807) is 0 Å². The molecule has 0 heterocycles. The first kappa shape index (κ1) is 16.1. The Hall–Kier alpha value is -2.81. The van der Waals surface area contributed by atoms with Crippen LogP contribution < -0.4 is 10.2 Å². The Morgan fingerprint density at radius 1 is 0.917 bits per heavy atom. The topological polar surface area (TPSA) is 32.3 Å². The van der Waals surface area contributed by atoms with Crippen LogP contribution in [0.25, 0.3) is 10.8 Å². The smallest absolute Gasteiger partial charge is 0.224 e. The number of nitrogens with one attached hydrogen (secondary N) is 1. The molecule has 0 spiro atoms. The van der Waals surface area contributed by atoms with Crippen molar-refractivity contribution in [3.05, 3.63) is 78.4 Å². The summed E-state index contributed by atoms with van der Waals surface area (Å²) in [6.07, 6.45) is 0.417. The van der Waals surface area contributed by atoms with Crippen LogP contribution in [0.15, 0.2) is 72.8 Å². The normalized spacial score (nSPS) is 10.5. The Kier molecular flexibility index (Phi) is 5.12. The molecule has 1 amide bonds. The zero-order valence-electron chi connectivity index (χ0n) is 13.9. The van der Waals surface area contributed by atoms with Crippen molar-refractivity contribution in [3.63, 3.8) is 0 Å². The third-order valence-electron chi connectivity index (χ3n) is 4.14. The van der Waals surface area contributed by atoms with Crippen molar-refractivity contribution in [2.45, 2.75) is 6.42 Å². The molecule has 3 aromatic carbocycles. The largest absolute Gasteiger partial charge is 0.373 e. The van der Waals surface area contributed by atoms with Crippen LogP contribution in [0.3, 0.4) is 0 Å². The Labute approximate surface area is 142 Å². The Balaban J connectivity index is 1.50. The molecule has 0 unspecified atom stereocenters. The van der Waals surface area contributed by atoms with Crippen molar-refractivity contribution in [2.75, 3.05) is 25.0 Å². The predicted octanol–water partition coefficient (Wildman–Crippen LogP) is 3.63. The zero-order valence-corrected chi connectivity index (χ0v) is 13.9. The first-order valence-electron chi connectivity index (χ1n) is 8.23. The summed E-state index contributed by atoms with van der Waals surface area (Å²) in [5.41, 5.74) is 2.20. The molecule has 0 saturated heterocycles. The fourth-order valence-electron chi connectivity index (χ4n) is 2.77. The Morgan fingerprint density at radius 3 is 2.42 bits per heavy atom. The van der Waals surface area contributed by atoms with Gasteiger partial charge in [0.05, 0.1) is 6.42 Å². The molecule has 0 atom stereocenters. The number of fused-ring (bicyclic) bond motifs is 1. The number of nitrogens with zero attached hydrogens (tertiary/aromatic N) is 1. The summed E-state index contributed by atoms with van der Waals surface area (Å²) in [4.78, 5) is 14.3. The highest BCUT2D eigenvalue weighted by Crippen LogP contribution is 2.16. The van der Waals surface area contributed by atoms with Crippen LogP contribution in [0.4, 0.5) is 5.69 Å². The molecule has 3 nitrogen and oxygen atoms in total. The maximum Gasteiger partial charge on any atom is 0.224 e. The molecule has 0 saturated carbocycles. The summed E-state index contributed by atoms with van der Waals surface area (Å²) in [6, 6.07) is 24.6. The van der Waals surface area contributed by atoms with Gasteiger partial charge in [-0.2, -0.15) is 0 Å². The molecule has 122 valence electrons. The molecular weight excluding hydrogens is 296 g/mol. The summed E-state index contributed by atoms with van der Waals surface area (Å²) in [7, 11) is 2.03. The first-order chi connectivity index (χ1) is 11.7. The molecule has 0 aromatic heterocycles. The minimum atomic E-state index is 0.0618. The molecule has 3 aromatic rings. The van der Waals surface area contributed by atoms with Gasteiger partial charge in [0, 0.05) is 25.8 Å². The second-order valence-corrected chi connectivity index (χ2v) is 5.97. The van der Waals surface area contributed by atoms with Crippen LogP contribution in [0, 0.1) is 0 Å². The lowest BCUT2D eigenvalue weighted by atomic mass is 10.1. The fraction of sp³-hybridized carbons (Fsp3) is 0.190. The van der Waals surface area contributed by atoms with Crippen LogP contribution in [0.1, 0.15) is 5.56 Å². The van der Waals surface area contributed by atoms with E-state index in [-0.39, 0.29) is 5.91 Å². The summed E-state index contributed by atoms with van der Waals surface area (Å²) in [5.74, 6) is 0.0618. The molecule has 24 heavy (non-hydrogen) atoms. The van der Waals surface area contributed by atoms with Gasteiger partial charge < -0.3 is 10.2 Å². The molecule has 0 radical (unpaired) electrons. The van der Waals surface area contributed by atoms with E-state index in [1.165, 1.54) is 10.8 Å². The van der Waals surface area contributed by atoms with Gasteiger partial charge in [-0.15, -0.1) is 0 Å². The molecule has 0 fully saturated rings. The van der Waals surface area contributed by atoms with E-state index in [2.05, 4.69) is 46.6 Å². The number of para-hydroxylation sites is 1. The van der Waals surface area contributed by atoms with Crippen LogP contribution in [0.5, 0.6) is 0 Å². The molecule has 0 aliphatic rings. The van der Waals surface area contributed by atoms with Crippen molar-refractivity contribution in [1.29, 1.82) is 0 Å². The Bertz CT molecular complexity index is 814. The second kappa shape index (κ2) is 7.64. The zero-order chi connectivity index (χ0) is 16.8. The maximum atomic E-state index is 12.1. The van der Waals surface area contributed by atoms with Gasteiger partial charge in [-0.1, -0.05) is 60.7 Å². The van der Waals surface area contributed by atoms with Crippen LogP contribution in [-0.4, -0.2) is 26.0 Å². The summed E-state index contributed by atoms with van der Waals surface area (Å²) >= 11 is 0. The molecule has 1 N–H and O–H groups in total. The van der Waals surface area contributed by atoms with Gasteiger partial charge in [-0.05, 0) is 28.5 Å². The lowest BCUT2D eigenvalue weighted by Gasteiger charge is -2.19. The number of amides is 1. The van der Waals surface area contributed by atoms with E-state index in [0.717, 1.165) is 17.8 Å². The molecule has 3 rings (SSSR count). The standard InChI is InChI=1S/C21H22N2O/c1-23(20-9-3-2-4-10-20)14-13-22-21(24)16-17-11-12-18-7-5-6-8-19(18)15-17/h2-12,15H,13-14,16H2,1H3,(H,22,24). The third kappa shape index (κ3) is 4.13.